The van der Waals surface area contributed by atoms with Crippen LogP contribution in [0.1, 0.15) is 33.2 Å². The largest absolute Gasteiger partial charge is 0.490 e. The number of hydrazine groups is 1. The first-order valence-corrected chi connectivity index (χ1v) is 11.5. The first kappa shape index (κ1) is 25.7. The Hall–Kier alpha value is -3.95. The first-order valence-electron chi connectivity index (χ1n) is 11.0. The third kappa shape index (κ3) is 8.40. The third-order valence-electron chi connectivity index (χ3n) is 4.70. The molecule has 0 spiro atoms. The molecule has 0 heterocycles. The number of carbonyl (C=O) groups is 2. The lowest BCUT2D eigenvalue weighted by Gasteiger charge is -2.13. The topological polar surface area (TPSA) is 97.9 Å². The molecule has 0 atom stereocenters. The van der Waals surface area contributed by atoms with Crippen LogP contribution in [-0.2, 0) is 11.3 Å². The van der Waals surface area contributed by atoms with Gasteiger partial charge in [0.15, 0.2) is 5.11 Å². The molecular formula is C26H27N3O5S. The number of ether oxygens (including phenoxy) is 3. The monoisotopic (exact) mass is 493 g/mol. The highest BCUT2D eigenvalue weighted by Gasteiger charge is 2.14. The zero-order valence-corrected chi connectivity index (χ0v) is 20.1. The van der Waals surface area contributed by atoms with E-state index in [1.165, 1.54) is 0 Å². The van der Waals surface area contributed by atoms with Crippen molar-refractivity contribution >= 4 is 29.1 Å². The molecule has 0 bridgehead atoms. The van der Waals surface area contributed by atoms with E-state index in [1.54, 1.807) is 48.5 Å². The summed E-state index contributed by atoms with van der Waals surface area (Å²) in [6, 6.07) is 23.3. The second-order valence-corrected chi connectivity index (χ2v) is 7.61. The number of para-hydroxylation sites is 1. The molecule has 8 nitrogen and oxygen atoms in total. The van der Waals surface area contributed by atoms with Crippen molar-refractivity contribution < 1.29 is 23.8 Å². The second kappa shape index (κ2) is 13.7. The molecule has 9 heteroatoms. The van der Waals surface area contributed by atoms with Crippen LogP contribution in [0.15, 0.2) is 78.9 Å². The minimum Gasteiger partial charge on any atom is -0.490 e. The Morgan fingerprint density at radius 2 is 1.51 bits per heavy atom. The summed E-state index contributed by atoms with van der Waals surface area (Å²) in [6.07, 6.45) is 0. The van der Waals surface area contributed by atoms with Crippen molar-refractivity contribution in [2.75, 3.05) is 19.8 Å². The molecule has 182 valence electrons. The Bertz CT molecular complexity index is 1120. The number of thiocarbonyl (C=S) groups is 1. The molecule has 0 aliphatic carbocycles. The van der Waals surface area contributed by atoms with E-state index in [2.05, 4.69) is 16.2 Å². The summed E-state index contributed by atoms with van der Waals surface area (Å²) < 4.78 is 16.6. The predicted molar refractivity (Wildman–Crippen MR) is 136 cm³/mol. The molecule has 0 fully saturated rings. The summed E-state index contributed by atoms with van der Waals surface area (Å²) >= 11 is 5.13. The number of carbonyl (C=O) groups excluding carboxylic acids is 2. The van der Waals surface area contributed by atoms with E-state index in [-0.39, 0.29) is 5.11 Å². The highest BCUT2D eigenvalue weighted by atomic mass is 32.1. The molecule has 35 heavy (non-hydrogen) atoms. The number of benzene rings is 3. The van der Waals surface area contributed by atoms with Gasteiger partial charge < -0.3 is 14.2 Å². The van der Waals surface area contributed by atoms with Gasteiger partial charge in [0.1, 0.15) is 24.7 Å². The Labute approximate surface area is 209 Å². The maximum Gasteiger partial charge on any atom is 0.269 e. The summed E-state index contributed by atoms with van der Waals surface area (Å²) in [6.45, 7) is 3.64. The van der Waals surface area contributed by atoms with Gasteiger partial charge in [-0.2, -0.15) is 0 Å². The third-order valence-corrected chi connectivity index (χ3v) is 4.91. The highest BCUT2D eigenvalue weighted by molar-refractivity contribution is 7.80. The summed E-state index contributed by atoms with van der Waals surface area (Å²) in [4.78, 5) is 25.0. The van der Waals surface area contributed by atoms with Crippen LogP contribution < -0.4 is 25.6 Å². The zero-order chi connectivity index (χ0) is 24.9. The molecule has 3 aromatic rings. The Balaban J connectivity index is 1.45. The maximum atomic E-state index is 12.6. The summed E-state index contributed by atoms with van der Waals surface area (Å²) in [5.74, 6) is 0.161. The molecule has 0 aliphatic rings. The van der Waals surface area contributed by atoms with E-state index in [0.29, 0.717) is 49.1 Å². The van der Waals surface area contributed by atoms with E-state index in [0.717, 1.165) is 5.56 Å². The van der Waals surface area contributed by atoms with E-state index in [9.17, 15) is 9.59 Å². The van der Waals surface area contributed by atoms with E-state index in [1.807, 2.05) is 37.3 Å². The highest BCUT2D eigenvalue weighted by Crippen LogP contribution is 2.18. The fraction of sp³-hybridized carbons (Fsp3) is 0.192. The van der Waals surface area contributed by atoms with Crippen LogP contribution in [0.25, 0.3) is 0 Å². The van der Waals surface area contributed by atoms with Gasteiger partial charge in [-0.1, -0.05) is 42.5 Å². The predicted octanol–water partition coefficient (Wildman–Crippen LogP) is 3.63. The molecule has 2 amide bonds. The van der Waals surface area contributed by atoms with Gasteiger partial charge in [0.2, 0.25) is 0 Å². The normalized spacial score (nSPS) is 10.2. The smallest absolute Gasteiger partial charge is 0.269 e. The van der Waals surface area contributed by atoms with Crippen LogP contribution in [0.2, 0.25) is 0 Å². The molecule has 3 aromatic carbocycles. The Morgan fingerprint density at radius 1 is 0.800 bits per heavy atom. The van der Waals surface area contributed by atoms with Crippen molar-refractivity contribution in [3.63, 3.8) is 0 Å². The zero-order valence-electron chi connectivity index (χ0n) is 19.3. The Morgan fingerprint density at radius 3 is 2.26 bits per heavy atom. The number of nitrogens with one attached hydrogen (secondary N) is 3. The molecule has 0 saturated carbocycles. The van der Waals surface area contributed by atoms with Crippen LogP contribution in [0.3, 0.4) is 0 Å². The quantitative estimate of drug-likeness (QED) is 0.225. The van der Waals surface area contributed by atoms with Gasteiger partial charge in [-0.25, -0.2) is 0 Å². The standard InChI is InChI=1S/C26H27N3O5S/c1-2-32-16-17-33-23-11-7-6-10-22(23)25(31)27-26(35)29-28-24(30)20-12-14-21(15-13-20)34-18-19-8-4-3-5-9-19/h3-15H,2,16-18H2,1H3,(H,28,30)(H2,27,29,31,35). The van der Waals surface area contributed by atoms with Gasteiger partial charge in [0.25, 0.3) is 11.8 Å². The van der Waals surface area contributed by atoms with Crippen molar-refractivity contribution in [1.29, 1.82) is 0 Å². The van der Waals surface area contributed by atoms with E-state index in [4.69, 9.17) is 26.4 Å². The molecule has 0 aliphatic heterocycles. The lowest BCUT2D eigenvalue weighted by Crippen LogP contribution is -2.48. The molecule has 3 N–H and O–H groups in total. The van der Waals surface area contributed by atoms with Crippen molar-refractivity contribution in [3.8, 4) is 11.5 Å². The van der Waals surface area contributed by atoms with Crippen LogP contribution in [-0.4, -0.2) is 36.7 Å². The fourth-order valence-corrected chi connectivity index (χ4v) is 3.11. The van der Waals surface area contributed by atoms with Crippen molar-refractivity contribution in [2.45, 2.75) is 13.5 Å². The average molecular weight is 494 g/mol. The van der Waals surface area contributed by atoms with Crippen LogP contribution in [0.4, 0.5) is 0 Å². The van der Waals surface area contributed by atoms with Crippen LogP contribution in [0, 0.1) is 0 Å². The van der Waals surface area contributed by atoms with Gasteiger partial charge in [0, 0.05) is 12.2 Å². The molecule has 0 saturated heterocycles. The van der Waals surface area contributed by atoms with Gasteiger partial charge in [-0.3, -0.25) is 25.8 Å². The molecular weight excluding hydrogens is 466 g/mol. The lowest BCUT2D eigenvalue weighted by molar-refractivity contribution is 0.0930. The number of hydrogen-bond acceptors (Lipinski definition) is 6. The minimum absolute atomic E-state index is 0.0599. The summed E-state index contributed by atoms with van der Waals surface area (Å²) in [7, 11) is 0. The second-order valence-electron chi connectivity index (χ2n) is 7.20. The van der Waals surface area contributed by atoms with Crippen LogP contribution >= 0.6 is 12.2 Å². The molecule has 0 radical (unpaired) electrons. The lowest BCUT2D eigenvalue weighted by atomic mass is 10.2. The van der Waals surface area contributed by atoms with Gasteiger partial charge in [-0.05, 0) is 61.1 Å². The van der Waals surface area contributed by atoms with Gasteiger partial charge in [-0.15, -0.1) is 0 Å². The van der Waals surface area contributed by atoms with Gasteiger partial charge >= 0.3 is 0 Å². The number of amides is 2. The van der Waals surface area contributed by atoms with Gasteiger partial charge in [0.05, 0.1) is 12.2 Å². The average Bonchev–Trinajstić information content (AvgIpc) is 2.89. The first-order chi connectivity index (χ1) is 17.1. The molecule has 3 rings (SSSR count). The van der Waals surface area contributed by atoms with Crippen molar-refractivity contribution in [3.05, 3.63) is 95.6 Å². The summed E-state index contributed by atoms with van der Waals surface area (Å²) in [5, 5.41) is 2.46. The Kier molecular flexibility index (Phi) is 10.0. The molecule has 0 aromatic heterocycles. The SMILES string of the molecule is CCOCCOc1ccccc1C(=O)NC(=S)NNC(=O)c1ccc(OCc2ccccc2)cc1. The minimum atomic E-state index is -0.469. The fourth-order valence-electron chi connectivity index (χ4n) is 2.97. The van der Waals surface area contributed by atoms with Crippen LogP contribution in [0.5, 0.6) is 11.5 Å². The maximum absolute atomic E-state index is 12.6. The number of rotatable bonds is 10. The number of hydrogen-bond donors (Lipinski definition) is 3. The molecule has 0 unspecified atom stereocenters. The van der Waals surface area contributed by atoms with Crippen molar-refractivity contribution in [1.82, 2.24) is 16.2 Å². The van der Waals surface area contributed by atoms with Crippen molar-refractivity contribution in [2.24, 2.45) is 0 Å². The van der Waals surface area contributed by atoms with E-state index < -0.39 is 11.8 Å². The van der Waals surface area contributed by atoms with E-state index >= 15 is 0 Å². The summed E-state index contributed by atoms with van der Waals surface area (Å²) in [5.41, 5.74) is 6.75.